The monoisotopic (exact) mass is 486 g/mol. The lowest BCUT2D eigenvalue weighted by Gasteiger charge is -2.32. The molecule has 0 unspecified atom stereocenters. The van der Waals surface area contributed by atoms with Crippen molar-refractivity contribution in [2.75, 3.05) is 27.0 Å². The summed E-state index contributed by atoms with van der Waals surface area (Å²) in [7, 11) is 1.73. The van der Waals surface area contributed by atoms with Crippen LogP contribution in [0.5, 0.6) is 17.2 Å². The summed E-state index contributed by atoms with van der Waals surface area (Å²) in [6.45, 7) is 9.13. The Hall–Kier alpha value is -3.44. The zero-order valence-corrected chi connectivity index (χ0v) is 21.8. The first kappa shape index (κ1) is 25.6. The fourth-order valence-electron chi connectivity index (χ4n) is 4.57. The van der Waals surface area contributed by atoms with Crippen LogP contribution in [0.3, 0.4) is 0 Å². The van der Waals surface area contributed by atoms with Crippen LogP contribution in [0.4, 0.5) is 0 Å². The van der Waals surface area contributed by atoms with E-state index in [2.05, 4.69) is 90.4 Å². The van der Waals surface area contributed by atoms with Gasteiger partial charge in [-0.1, -0.05) is 68.0 Å². The first-order valence-corrected chi connectivity index (χ1v) is 12.9. The summed E-state index contributed by atoms with van der Waals surface area (Å²) in [5.41, 5.74) is 5.12. The van der Waals surface area contributed by atoms with Gasteiger partial charge in [0.15, 0.2) is 11.5 Å². The van der Waals surface area contributed by atoms with E-state index in [0.29, 0.717) is 6.79 Å². The molecular formula is C31H38N2O3. The minimum absolute atomic E-state index is 0.298. The summed E-state index contributed by atoms with van der Waals surface area (Å²) >= 11 is 0. The molecule has 0 saturated carbocycles. The predicted molar refractivity (Wildman–Crippen MR) is 145 cm³/mol. The van der Waals surface area contributed by atoms with E-state index < -0.39 is 0 Å². The van der Waals surface area contributed by atoms with Crippen molar-refractivity contribution in [1.29, 1.82) is 0 Å². The van der Waals surface area contributed by atoms with Gasteiger partial charge in [-0.05, 0) is 54.3 Å². The van der Waals surface area contributed by atoms with Crippen molar-refractivity contribution in [1.82, 2.24) is 9.80 Å². The molecule has 1 heterocycles. The van der Waals surface area contributed by atoms with Crippen LogP contribution in [0, 0.1) is 0 Å². The van der Waals surface area contributed by atoms with Gasteiger partial charge >= 0.3 is 0 Å². The smallest absolute Gasteiger partial charge is 0.231 e. The molecule has 3 aromatic rings. The van der Waals surface area contributed by atoms with Gasteiger partial charge in [0.05, 0.1) is 7.11 Å². The summed E-state index contributed by atoms with van der Waals surface area (Å²) in [6, 6.07) is 25.4. The van der Waals surface area contributed by atoms with Gasteiger partial charge in [-0.15, -0.1) is 0 Å². The standard InChI is InChI=1S/C31H38N2O3/c1-4-6-17-33(22-26-13-10-14-29(18-26)34-3)28(5-2)23-32(20-25-11-8-7-9-12-25)21-27-15-16-30-31(19-27)36-24-35-30/h5,7-16,18-19H,4,6,17,20-24H2,1-3H3/b28-5-. The maximum atomic E-state index is 5.64. The van der Waals surface area contributed by atoms with Crippen molar-refractivity contribution in [3.63, 3.8) is 0 Å². The van der Waals surface area contributed by atoms with Gasteiger partial charge in [-0.2, -0.15) is 0 Å². The molecule has 4 rings (SSSR count). The molecule has 5 heteroatoms. The van der Waals surface area contributed by atoms with E-state index in [9.17, 15) is 0 Å². The van der Waals surface area contributed by atoms with Crippen molar-refractivity contribution < 1.29 is 14.2 Å². The number of rotatable bonds is 13. The Kier molecular flexibility index (Phi) is 9.28. The minimum atomic E-state index is 0.298. The Morgan fingerprint density at radius 2 is 1.61 bits per heavy atom. The molecule has 0 atom stereocenters. The van der Waals surface area contributed by atoms with Crippen LogP contribution < -0.4 is 14.2 Å². The average Bonchev–Trinajstić information content (AvgIpc) is 3.38. The van der Waals surface area contributed by atoms with Gasteiger partial charge in [0.1, 0.15) is 5.75 Å². The first-order valence-electron chi connectivity index (χ1n) is 12.9. The quantitative estimate of drug-likeness (QED) is 0.271. The molecular weight excluding hydrogens is 448 g/mol. The van der Waals surface area contributed by atoms with Crippen molar-refractivity contribution in [3.05, 3.63) is 101 Å². The third kappa shape index (κ3) is 7.05. The van der Waals surface area contributed by atoms with Gasteiger partial charge < -0.3 is 19.1 Å². The van der Waals surface area contributed by atoms with Gasteiger partial charge in [-0.3, -0.25) is 4.90 Å². The van der Waals surface area contributed by atoms with E-state index in [0.717, 1.165) is 62.8 Å². The summed E-state index contributed by atoms with van der Waals surface area (Å²) in [6.07, 6.45) is 4.59. The number of hydrogen-bond donors (Lipinski definition) is 0. The van der Waals surface area contributed by atoms with Crippen LogP contribution in [0.25, 0.3) is 0 Å². The topological polar surface area (TPSA) is 34.2 Å². The van der Waals surface area contributed by atoms with Gasteiger partial charge in [0.2, 0.25) is 6.79 Å². The Labute approximate surface area is 215 Å². The van der Waals surface area contributed by atoms with Crippen molar-refractivity contribution >= 4 is 0 Å². The molecule has 0 radical (unpaired) electrons. The largest absolute Gasteiger partial charge is 0.497 e. The summed E-state index contributed by atoms with van der Waals surface area (Å²) in [5.74, 6) is 2.56. The van der Waals surface area contributed by atoms with Crippen LogP contribution >= 0.6 is 0 Å². The number of methoxy groups -OCH3 is 1. The highest BCUT2D eigenvalue weighted by molar-refractivity contribution is 5.44. The third-order valence-electron chi connectivity index (χ3n) is 6.51. The second-order valence-corrected chi connectivity index (χ2v) is 9.23. The summed E-state index contributed by atoms with van der Waals surface area (Å²) in [4.78, 5) is 5.03. The number of unbranched alkanes of at least 4 members (excludes halogenated alkanes) is 1. The fraction of sp³-hybridized carbons (Fsp3) is 0.355. The first-order chi connectivity index (χ1) is 17.7. The number of hydrogen-bond acceptors (Lipinski definition) is 5. The molecule has 5 nitrogen and oxygen atoms in total. The summed E-state index contributed by atoms with van der Waals surface area (Å²) in [5, 5.41) is 0. The number of allylic oxidation sites excluding steroid dienone is 1. The van der Waals surface area contributed by atoms with Crippen molar-refractivity contribution in [2.45, 2.75) is 46.3 Å². The minimum Gasteiger partial charge on any atom is -0.497 e. The lowest BCUT2D eigenvalue weighted by Crippen LogP contribution is -2.33. The van der Waals surface area contributed by atoms with Gasteiger partial charge in [0.25, 0.3) is 0 Å². The van der Waals surface area contributed by atoms with E-state index in [1.165, 1.54) is 22.4 Å². The molecule has 0 spiro atoms. The molecule has 190 valence electrons. The molecule has 1 aliphatic heterocycles. The molecule has 0 N–H and O–H groups in total. The predicted octanol–water partition coefficient (Wildman–Crippen LogP) is 6.63. The fourth-order valence-corrected chi connectivity index (χ4v) is 4.57. The summed E-state index contributed by atoms with van der Waals surface area (Å²) < 4.78 is 16.6. The molecule has 0 fully saturated rings. The van der Waals surface area contributed by atoms with Crippen LogP contribution in [0.2, 0.25) is 0 Å². The zero-order valence-electron chi connectivity index (χ0n) is 21.8. The lowest BCUT2D eigenvalue weighted by atomic mass is 10.1. The van der Waals surface area contributed by atoms with E-state index in [1.807, 2.05) is 12.1 Å². The number of nitrogens with zero attached hydrogens (tertiary/aromatic N) is 2. The van der Waals surface area contributed by atoms with E-state index in [4.69, 9.17) is 14.2 Å². The number of fused-ring (bicyclic) bond motifs is 1. The van der Waals surface area contributed by atoms with Crippen LogP contribution in [0.1, 0.15) is 43.4 Å². The molecule has 36 heavy (non-hydrogen) atoms. The van der Waals surface area contributed by atoms with Crippen molar-refractivity contribution in [2.24, 2.45) is 0 Å². The Bertz CT molecular complexity index is 1130. The molecule has 3 aromatic carbocycles. The van der Waals surface area contributed by atoms with Gasteiger partial charge in [-0.25, -0.2) is 0 Å². The third-order valence-corrected chi connectivity index (χ3v) is 6.51. The number of ether oxygens (including phenoxy) is 3. The van der Waals surface area contributed by atoms with E-state index in [1.54, 1.807) is 7.11 Å². The molecule has 0 aromatic heterocycles. The molecule has 0 saturated heterocycles. The Morgan fingerprint density at radius 1 is 0.861 bits per heavy atom. The SMILES string of the molecule is C/C=C(/CN(Cc1ccccc1)Cc1ccc2c(c1)OCO2)N(CCCC)Cc1cccc(OC)c1. The van der Waals surface area contributed by atoms with Crippen LogP contribution in [-0.2, 0) is 19.6 Å². The lowest BCUT2D eigenvalue weighted by molar-refractivity contribution is 0.174. The Balaban J connectivity index is 1.55. The van der Waals surface area contributed by atoms with E-state index >= 15 is 0 Å². The highest BCUT2D eigenvalue weighted by atomic mass is 16.7. The van der Waals surface area contributed by atoms with Crippen LogP contribution in [0.15, 0.2) is 84.6 Å². The normalized spacial score (nSPS) is 12.7. The van der Waals surface area contributed by atoms with E-state index in [-0.39, 0.29) is 0 Å². The maximum absolute atomic E-state index is 5.64. The van der Waals surface area contributed by atoms with Crippen LogP contribution in [-0.4, -0.2) is 36.8 Å². The highest BCUT2D eigenvalue weighted by Gasteiger charge is 2.18. The maximum Gasteiger partial charge on any atom is 0.231 e. The molecule has 0 bridgehead atoms. The molecule has 1 aliphatic rings. The van der Waals surface area contributed by atoms with Gasteiger partial charge in [0, 0.05) is 38.4 Å². The Morgan fingerprint density at radius 3 is 2.39 bits per heavy atom. The zero-order chi connectivity index (χ0) is 25.2. The highest BCUT2D eigenvalue weighted by Crippen LogP contribution is 2.33. The van der Waals surface area contributed by atoms with Crippen molar-refractivity contribution in [3.8, 4) is 17.2 Å². The molecule has 0 amide bonds. The average molecular weight is 487 g/mol. The molecule has 0 aliphatic carbocycles. The number of benzene rings is 3. The second-order valence-electron chi connectivity index (χ2n) is 9.23. The second kappa shape index (κ2) is 13.0.